The molecule has 0 aromatic carbocycles. The Hall–Kier alpha value is -1.85. The minimum Gasteiger partial charge on any atom is -0.369 e. The lowest BCUT2D eigenvalue weighted by Crippen LogP contribution is -2.38. The molecule has 1 rings (SSSR count). The fourth-order valence-electron chi connectivity index (χ4n) is 1.38. The van der Waals surface area contributed by atoms with Gasteiger partial charge < -0.3 is 15.6 Å². The molecular formula is C12H20N4O2. The normalized spacial score (nSPS) is 11.3. The molecule has 0 saturated heterocycles. The molecule has 0 atom stereocenters. The maximum Gasteiger partial charge on any atom is 0.293 e. The van der Waals surface area contributed by atoms with Crippen LogP contribution in [0.3, 0.4) is 0 Å². The highest BCUT2D eigenvalue weighted by molar-refractivity contribution is 5.80. The van der Waals surface area contributed by atoms with Gasteiger partial charge in [0.2, 0.25) is 5.91 Å². The molecule has 0 bridgehead atoms. The van der Waals surface area contributed by atoms with E-state index >= 15 is 0 Å². The van der Waals surface area contributed by atoms with E-state index in [9.17, 15) is 9.59 Å². The van der Waals surface area contributed by atoms with Crippen LogP contribution in [0.15, 0.2) is 17.2 Å². The quantitative estimate of drug-likeness (QED) is 0.774. The number of aryl methyl sites for hydroxylation is 1. The van der Waals surface area contributed by atoms with Gasteiger partial charge in [0.05, 0.1) is 5.41 Å². The highest BCUT2D eigenvalue weighted by Crippen LogP contribution is 2.13. The summed E-state index contributed by atoms with van der Waals surface area (Å²) in [4.78, 5) is 27.1. The van der Waals surface area contributed by atoms with Gasteiger partial charge in [-0.15, -0.1) is 0 Å². The van der Waals surface area contributed by atoms with Crippen molar-refractivity contribution in [3.8, 4) is 0 Å². The van der Waals surface area contributed by atoms with E-state index in [4.69, 9.17) is 5.73 Å². The summed E-state index contributed by atoms with van der Waals surface area (Å²) >= 11 is 0. The SMILES string of the molecule is CCCn1ccnc(NCC(C)(C)C(N)=O)c1=O. The van der Waals surface area contributed by atoms with Crippen molar-refractivity contribution in [3.05, 3.63) is 22.7 Å². The van der Waals surface area contributed by atoms with Gasteiger partial charge in [0, 0.05) is 25.5 Å². The predicted molar refractivity (Wildman–Crippen MR) is 70.3 cm³/mol. The first-order valence-electron chi connectivity index (χ1n) is 5.97. The zero-order chi connectivity index (χ0) is 13.8. The number of hydrogen-bond donors (Lipinski definition) is 2. The van der Waals surface area contributed by atoms with Gasteiger partial charge in [0.1, 0.15) is 0 Å². The molecule has 1 aromatic heterocycles. The van der Waals surface area contributed by atoms with Crippen molar-refractivity contribution < 1.29 is 4.79 Å². The summed E-state index contributed by atoms with van der Waals surface area (Å²) in [5, 5.41) is 2.89. The monoisotopic (exact) mass is 252 g/mol. The van der Waals surface area contributed by atoms with Crippen molar-refractivity contribution in [3.63, 3.8) is 0 Å². The second-order valence-corrected chi connectivity index (χ2v) is 4.88. The van der Waals surface area contributed by atoms with Crippen LogP contribution in [0.5, 0.6) is 0 Å². The third kappa shape index (κ3) is 3.32. The number of carbonyl (C=O) groups is 1. The summed E-state index contributed by atoms with van der Waals surface area (Å²) in [6, 6.07) is 0. The highest BCUT2D eigenvalue weighted by Gasteiger charge is 2.25. The molecule has 18 heavy (non-hydrogen) atoms. The molecule has 1 heterocycles. The van der Waals surface area contributed by atoms with Crippen LogP contribution in [0.2, 0.25) is 0 Å². The minimum atomic E-state index is -0.723. The number of hydrogen-bond acceptors (Lipinski definition) is 4. The minimum absolute atomic E-state index is 0.181. The van der Waals surface area contributed by atoms with E-state index in [2.05, 4.69) is 10.3 Å². The number of nitrogens with one attached hydrogen (secondary N) is 1. The van der Waals surface area contributed by atoms with Crippen LogP contribution >= 0.6 is 0 Å². The molecule has 0 saturated carbocycles. The van der Waals surface area contributed by atoms with Crippen LogP contribution in [0.1, 0.15) is 27.2 Å². The van der Waals surface area contributed by atoms with E-state index in [1.807, 2.05) is 6.92 Å². The van der Waals surface area contributed by atoms with Crippen LogP contribution in [0.25, 0.3) is 0 Å². The summed E-state index contributed by atoms with van der Waals surface area (Å²) in [6.07, 6.45) is 4.09. The van der Waals surface area contributed by atoms with Crippen LogP contribution in [-0.2, 0) is 11.3 Å². The van der Waals surface area contributed by atoms with Gasteiger partial charge in [-0.3, -0.25) is 9.59 Å². The van der Waals surface area contributed by atoms with Crippen molar-refractivity contribution in [2.75, 3.05) is 11.9 Å². The zero-order valence-corrected chi connectivity index (χ0v) is 11.1. The highest BCUT2D eigenvalue weighted by atomic mass is 16.1. The van der Waals surface area contributed by atoms with E-state index in [0.29, 0.717) is 6.54 Å². The van der Waals surface area contributed by atoms with Gasteiger partial charge >= 0.3 is 0 Å². The molecule has 0 aliphatic rings. The van der Waals surface area contributed by atoms with Crippen LogP contribution in [0, 0.1) is 5.41 Å². The molecule has 0 aliphatic heterocycles. The van der Waals surface area contributed by atoms with Crippen molar-refractivity contribution >= 4 is 11.7 Å². The van der Waals surface area contributed by atoms with E-state index in [1.165, 1.54) is 0 Å². The second-order valence-electron chi connectivity index (χ2n) is 4.88. The standard InChI is InChI=1S/C12H20N4O2/c1-4-6-16-7-5-14-9(10(16)17)15-8-12(2,3)11(13)18/h5,7H,4,6,8H2,1-3H3,(H2,13,18)(H,14,15). The molecule has 6 nitrogen and oxygen atoms in total. The second kappa shape index (κ2) is 5.66. The number of amides is 1. The number of nitrogens with two attached hydrogens (primary N) is 1. The van der Waals surface area contributed by atoms with Gasteiger partial charge in [-0.05, 0) is 20.3 Å². The molecule has 1 aromatic rings. The van der Waals surface area contributed by atoms with E-state index in [0.717, 1.165) is 6.42 Å². The predicted octanol–water partition coefficient (Wildman–Crippen LogP) is 0.577. The molecule has 0 fully saturated rings. The Kier molecular flexibility index (Phi) is 4.47. The summed E-state index contributed by atoms with van der Waals surface area (Å²) < 4.78 is 1.59. The van der Waals surface area contributed by atoms with Gasteiger partial charge in [0.25, 0.3) is 5.56 Å². The molecule has 100 valence electrons. The Bertz CT molecular complexity index is 479. The lowest BCUT2D eigenvalue weighted by atomic mass is 9.93. The van der Waals surface area contributed by atoms with Crippen molar-refractivity contribution in [1.29, 1.82) is 0 Å². The Morgan fingerprint density at radius 1 is 1.56 bits per heavy atom. The fraction of sp³-hybridized carbons (Fsp3) is 0.583. The summed E-state index contributed by atoms with van der Waals surface area (Å²) in [5.41, 5.74) is 4.36. The van der Waals surface area contributed by atoms with Crippen LogP contribution < -0.4 is 16.6 Å². The number of aromatic nitrogens is 2. The number of nitrogens with zero attached hydrogens (tertiary/aromatic N) is 2. The van der Waals surface area contributed by atoms with E-state index < -0.39 is 11.3 Å². The van der Waals surface area contributed by atoms with Gasteiger partial charge in [-0.2, -0.15) is 0 Å². The Balaban J connectivity index is 2.83. The third-order valence-electron chi connectivity index (χ3n) is 2.74. The molecule has 0 spiro atoms. The number of anilines is 1. The molecule has 0 aliphatic carbocycles. The first kappa shape index (κ1) is 14.2. The molecule has 3 N–H and O–H groups in total. The number of rotatable bonds is 6. The molecule has 1 amide bonds. The average molecular weight is 252 g/mol. The van der Waals surface area contributed by atoms with Crippen LogP contribution in [-0.4, -0.2) is 22.0 Å². The van der Waals surface area contributed by atoms with Crippen molar-refractivity contribution in [2.24, 2.45) is 11.1 Å². The number of carbonyl (C=O) groups excluding carboxylic acids is 1. The Morgan fingerprint density at radius 2 is 2.22 bits per heavy atom. The van der Waals surface area contributed by atoms with Gasteiger partial charge in [-0.25, -0.2) is 4.98 Å². The molecular weight excluding hydrogens is 232 g/mol. The molecule has 0 unspecified atom stereocenters. The largest absolute Gasteiger partial charge is 0.369 e. The fourth-order valence-corrected chi connectivity index (χ4v) is 1.38. The molecule has 0 radical (unpaired) electrons. The Labute approximate surface area is 106 Å². The lowest BCUT2D eigenvalue weighted by Gasteiger charge is -2.20. The van der Waals surface area contributed by atoms with Crippen LogP contribution in [0.4, 0.5) is 5.82 Å². The summed E-state index contributed by atoms with van der Waals surface area (Å²) in [7, 11) is 0. The molecule has 6 heteroatoms. The van der Waals surface area contributed by atoms with Gasteiger partial charge in [0.15, 0.2) is 5.82 Å². The summed E-state index contributed by atoms with van der Waals surface area (Å²) in [6.45, 7) is 6.36. The van der Waals surface area contributed by atoms with Gasteiger partial charge in [-0.1, -0.05) is 6.92 Å². The zero-order valence-electron chi connectivity index (χ0n) is 11.1. The van der Waals surface area contributed by atoms with Crippen molar-refractivity contribution in [2.45, 2.75) is 33.7 Å². The smallest absolute Gasteiger partial charge is 0.293 e. The first-order valence-corrected chi connectivity index (χ1v) is 5.97. The number of primary amides is 1. The maximum atomic E-state index is 12.0. The average Bonchev–Trinajstić information content (AvgIpc) is 2.30. The van der Waals surface area contributed by atoms with E-state index in [-0.39, 0.29) is 17.9 Å². The lowest BCUT2D eigenvalue weighted by molar-refractivity contribution is -0.125. The first-order chi connectivity index (χ1) is 8.38. The summed E-state index contributed by atoms with van der Waals surface area (Å²) in [5.74, 6) is -0.167. The maximum absolute atomic E-state index is 12.0. The van der Waals surface area contributed by atoms with E-state index in [1.54, 1.807) is 30.8 Å². The third-order valence-corrected chi connectivity index (χ3v) is 2.74. The van der Waals surface area contributed by atoms with Crippen molar-refractivity contribution in [1.82, 2.24) is 9.55 Å². The topological polar surface area (TPSA) is 90.0 Å². The Morgan fingerprint density at radius 3 is 2.78 bits per heavy atom.